The summed E-state index contributed by atoms with van der Waals surface area (Å²) in [5.41, 5.74) is 2.43. The Balaban J connectivity index is 2.02. The highest BCUT2D eigenvalue weighted by Gasteiger charge is 2.51. The molecule has 0 saturated carbocycles. The van der Waals surface area contributed by atoms with E-state index in [2.05, 4.69) is 38.9 Å². The SMILES string of the molecule is Cn1c2cc(B3OC(C)(C)C(C)(C)O3)ccc2n[n+]1C. The van der Waals surface area contributed by atoms with Gasteiger partial charge in [0.2, 0.25) is 0 Å². The summed E-state index contributed by atoms with van der Waals surface area (Å²) < 4.78 is 14.2. The van der Waals surface area contributed by atoms with Crippen LogP contribution in [0.5, 0.6) is 0 Å². The Kier molecular flexibility index (Phi) is 2.75. The van der Waals surface area contributed by atoms with Gasteiger partial charge in [-0.05, 0) is 50.1 Å². The molecule has 1 aromatic heterocycles. The molecule has 106 valence electrons. The van der Waals surface area contributed by atoms with E-state index < -0.39 is 0 Å². The fourth-order valence-corrected chi connectivity index (χ4v) is 2.39. The number of nitrogens with zero attached hydrogens (tertiary/aromatic N) is 3. The second-order valence-electron chi connectivity index (χ2n) is 6.45. The highest BCUT2D eigenvalue weighted by molar-refractivity contribution is 6.62. The first kappa shape index (κ1) is 13.6. The summed E-state index contributed by atoms with van der Waals surface area (Å²) in [6.07, 6.45) is 0. The highest BCUT2D eigenvalue weighted by atomic mass is 16.7. The largest absolute Gasteiger partial charge is 0.494 e. The van der Waals surface area contributed by atoms with Crippen LogP contribution < -0.4 is 10.3 Å². The molecule has 1 saturated heterocycles. The Morgan fingerprint density at radius 1 is 1.15 bits per heavy atom. The van der Waals surface area contributed by atoms with Crippen molar-refractivity contribution in [3.05, 3.63) is 18.2 Å². The molecule has 0 unspecified atom stereocenters. The van der Waals surface area contributed by atoms with Gasteiger partial charge < -0.3 is 9.31 Å². The van der Waals surface area contributed by atoms with Crippen LogP contribution >= 0.6 is 0 Å². The van der Waals surface area contributed by atoms with Gasteiger partial charge in [-0.2, -0.15) is 0 Å². The van der Waals surface area contributed by atoms with Gasteiger partial charge in [-0.15, -0.1) is 4.68 Å². The van der Waals surface area contributed by atoms with Crippen molar-refractivity contribution in [2.24, 2.45) is 14.1 Å². The molecule has 2 aromatic rings. The molecule has 0 aliphatic carbocycles. The maximum atomic E-state index is 6.09. The summed E-state index contributed by atoms with van der Waals surface area (Å²) in [6.45, 7) is 8.26. The summed E-state index contributed by atoms with van der Waals surface area (Å²) in [4.78, 5) is 1.82. The molecule has 1 fully saturated rings. The lowest BCUT2D eigenvalue weighted by Gasteiger charge is -2.32. The molecule has 0 spiro atoms. The zero-order valence-electron chi connectivity index (χ0n) is 13.0. The molecule has 1 aromatic carbocycles. The minimum Gasteiger partial charge on any atom is -0.399 e. The quantitative estimate of drug-likeness (QED) is 0.567. The molecule has 0 radical (unpaired) electrons. The molecule has 0 N–H and O–H groups in total. The maximum Gasteiger partial charge on any atom is 0.494 e. The van der Waals surface area contributed by atoms with Crippen LogP contribution in [0.3, 0.4) is 0 Å². The fraction of sp³-hybridized carbons (Fsp3) is 0.571. The Morgan fingerprint density at radius 3 is 2.35 bits per heavy atom. The van der Waals surface area contributed by atoms with Crippen LogP contribution in [-0.2, 0) is 23.4 Å². The van der Waals surface area contributed by atoms with E-state index in [4.69, 9.17) is 9.31 Å². The predicted molar refractivity (Wildman–Crippen MR) is 77.6 cm³/mol. The number of fused-ring (bicyclic) bond motifs is 1. The van der Waals surface area contributed by atoms with Gasteiger partial charge in [-0.1, -0.05) is 6.07 Å². The average molecular weight is 274 g/mol. The molecule has 3 rings (SSSR count). The van der Waals surface area contributed by atoms with Gasteiger partial charge in [-0.3, -0.25) is 0 Å². The van der Waals surface area contributed by atoms with E-state index in [1.165, 1.54) is 0 Å². The summed E-state index contributed by atoms with van der Waals surface area (Å²) in [7, 11) is 3.59. The van der Waals surface area contributed by atoms with E-state index in [9.17, 15) is 0 Å². The molecule has 0 amide bonds. The first-order valence-corrected chi connectivity index (χ1v) is 6.90. The van der Waals surface area contributed by atoms with Crippen LogP contribution in [0.2, 0.25) is 0 Å². The van der Waals surface area contributed by atoms with Gasteiger partial charge in [0.1, 0.15) is 5.52 Å². The van der Waals surface area contributed by atoms with Crippen LogP contribution in [0.25, 0.3) is 11.0 Å². The number of hydrogen-bond acceptors (Lipinski definition) is 3. The van der Waals surface area contributed by atoms with Crippen molar-refractivity contribution in [2.75, 3.05) is 0 Å². The minimum absolute atomic E-state index is 0.316. The first-order chi connectivity index (χ1) is 9.21. The summed E-state index contributed by atoms with van der Waals surface area (Å²) >= 11 is 0. The smallest absolute Gasteiger partial charge is 0.399 e. The lowest BCUT2D eigenvalue weighted by atomic mass is 9.79. The predicted octanol–water partition coefficient (Wildman–Crippen LogP) is 0.697. The minimum atomic E-state index is -0.329. The normalized spacial score (nSPS) is 20.8. The van der Waals surface area contributed by atoms with Crippen molar-refractivity contribution < 1.29 is 14.1 Å². The van der Waals surface area contributed by atoms with Crippen LogP contribution in [0.1, 0.15) is 27.7 Å². The van der Waals surface area contributed by atoms with Crippen molar-refractivity contribution >= 4 is 23.6 Å². The van der Waals surface area contributed by atoms with Crippen molar-refractivity contribution in [3.63, 3.8) is 0 Å². The van der Waals surface area contributed by atoms with Gasteiger partial charge in [-0.25, -0.2) is 0 Å². The van der Waals surface area contributed by atoms with E-state index in [0.29, 0.717) is 0 Å². The lowest BCUT2D eigenvalue weighted by molar-refractivity contribution is -0.800. The maximum absolute atomic E-state index is 6.09. The average Bonchev–Trinajstić information content (AvgIpc) is 2.74. The molecular weight excluding hydrogens is 253 g/mol. The lowest BCUT2D eigenvalue weighted by Crippen LogP contribution is -2.41. The molecule has 0 atom stereocenters. The molecule has 6 heteroatoms. The van der Waals surface area contributed by atoms with E-state index in [-0.39, 0.29) is 18.3 Å². The molecule has 5 nitrogen and oxygen atoms in total. The fourth-order valence-electron chi connectivity index (χ4n) is 2.39. The highest BCUT2D eigenvalue weighted by Crippen LogP contribution is 2.36. The van der Waals surface area contributed by atoms with E-state index in [0.717, 1.165) is 16.5 Å². The third kappa shape index (κ3) is 1.86. The van der Waals surface area contributed by atoms with E-state index in [1.807, 2.05) is 35.7 Å². The van der Waals surface area contributed by atoms with E-state index >= 15 is 0 Å². The molecular formula is C14H21BN3O2+. The zero-order chi connectivity index (χ0) is 14.7. The Bertz CT molecular complexity index is 662. The summed E-state index contributed by atoms with van der Waals surface area (Å²) in [5.74, 6) is 0. The second kappa shape index (κ2) is 4.05. The first-order valence-electron chi connectivity index (χ1n) is 6.90. The summed E-state index contributed by atoms with van der Waals surface area (Å²) in [5, 5.41) is 4.44. The molecule has 20 heavy (non-hydrogen) atoms. The second-order valence-corrected chi connectivity index (χ2v) is 6.45. The summed E-state index contributed by atoms with van der Waals surface area (Å²) in [6, 6.07) is 6.12. The van der Waals surface area contributed by atoms with Gasteiger partial charge in [0.05, 0.1) is 18.2 Å². The van der Waals surface area contributed by atoms with Gasteiger partial charge in [0.15, 0.2) is 12.6 Å². The Hall–Kier alpha value is -1.40. The van der Waals surface area contributed by atoms with Crippen LogP contribution in [0, 0.1) is 0 Å². The number of hydrogen-bond donors (Lipinski definition) is 0. The molecule has 1 aliphatic heterocycles. The number of benzene rings is 1. The van der Waals surface area contributed by atoms with Crippen molar-refractivity contribution in [2.45, 2.75) is 38.9 Å². The number of rotatable bonds is 1. The van der Waals surface area contributed by atoms with Gasteiger partial charge in [0, 0.05) is 5.10 Å². The topological polar surface area (TPSA) is 40.2 Å². The monoisotopic (exact) mass is 274 g/mol. The van der Waals surface area contributed by atoms with Gasteiger partial charge >= 0.3 is 7.12 Å². The van der Waals surface area contributed by atoms with Crippen LogP contribution in [0.4, 0.5) is 0 Å². The third-order valence-corrected chi connectivity index (χ3v) is 4.56. The Labute approximate surface area is 119 Å². The molecule has 0 bridgehead atoms. The number of aryl methyl sites for hydroxylation is 2. The van der Waals surface area contributed by atoms with Crippen molar-refractivity contribution in [1.29, 1.82) is 0 Å². The van der Waals surface area contributed by atoms with Crippen molar-refractivity contribution in [1.82, 2.24) is 9.78 Å². The standard InChI is InChI=1S/C14H21BN3O2/c1-13(2)14(3,4)20-15(19-13)10-7-8-11-12(9-10)17(5)18(6)16-11/h7-9H,1-6H3/q+1. The third-order valence-electron chi connectivity index (χ3n) is 4.56. The van der Waals surface area contributed by atoms with Gasteiger partial charge in [0.25, 0.3) is 0 Å². The van der Waals surface area contributed by atoms with Crippen LogP contribution in [0.15, 0.2) is 18.2 Å². The van der Waals surface area contributed by atoms with Crippen LogP contribution in [-0.4, -0.2) is 28.1 Å². The molecule has 1 aliphatic rings. The molecule has 2 heterocycles. The number of aromatic nitrogens is 3. The van der Waals surface area contributed by atoms with E-state index in [1.54, 1.807) is 0 Å². The Morgan fingerprint density at radius 2 is 1.75 bits per heavy atom. The van der Waals surface area contributed by atoms with Crippen molar-refractivity contribution in [3.8, 4) is 0 Å². The zero-order valence-corrected chi connectivity index (χ0v) is 13.0.